The van der Waals surface area contributed by atoms with Crippen LogP contribution in [0.5, 0.6) is 0 Å². The predicted octanol–water partition coefficient (Wildman–Crippen LogP) is 4.54. The number of halogens is 3. The minimum Gasteiger partial charge on any atom is -0.309 e. The van der Waals surface area contributed by atoms with Crippen molar-refractivity contribution in [3.63, 3.8) is 0 Å². The lowest BCUT2D eigenvalue weighted by Crippen LogP contribution is -2.24. The quantitative estimate of drug-likeness (QED) is 0.284. The van der Waals surface area contributed by atoms with Gasteiger partial charge in [-0.15, -0.1) is 5.10 Å². The minimum atomic E-state index is -4.63. The van der Waals surface area contributed by atoms with Gasteiger partial charge in [-0.2, -0.15) is 8.78 Å². The number of alkyl halides is 2. The fourth-order valence-electron chi connectivity index (χ4n) is 2.99. The maximum Gasteiger partial charge on any atom is 0.400 e. The van der Waals surface area contributed by atoms with Gasteiger partial charge in [0.05, 0.1) is 31.3 Å². The van der Waals surface area contributed by atoms with Crippen LogP contribution in [0.25, 0.3) is 11.2 Å². The second-order valence-corrected chi connectivity index (χ2v) is 10.2. The zero-order valence-corrected chi connectivity index (χ0v) is 19.8. The van der Waals surface area contributed by atoms with Crippen LogP contribution in [-0.4, -0.2) is 52.4 Å². The molecule has 3 heterocycles. The van der Waals surface area contributed by atoms with E-state index in [0.717, 1.165) is 0 Å². The van der Waals surface area contributed by atoms with Gasteiger partial charge in [-0.1, -0.05) is 16.8 Å². The topological polar surface area (TPSA) is 110 Å². The van der Waals surface area contributed by atoms with E-state index >= 15 is 0 Å². The van der Waals surface area contributed by atoms with Crippen LogP contribution >= 0.6 is 19.2 Å². The third kappa shape index (κ3) is 5.67. The molecule has 0 fully saturated rings. The van der Waals surface area contributed by atoms with Gasteiger partial charge in [-0.25, -0.2) is 15.0 Å². The van der Waals surface area contributed by atoms with E-state index < -0.39 is 31.9 Å². The van der Waals surface area contributed by atoms with E-state index in [9.17, 15) is 13.3 Å². The molecule has 0 aliphatic carbocycles. The monoisotopic (exact) mass is 491 g/mol. The molecule has 0 N–H and O–H groups in total. The van der Waals surface area contributed by atoms with Gasteiger partial charge in [-0.05, 0) is 34.1 Å². The van der Waals surface area contributed by atoms with Crippen LogP contribution in [0.15, 0.2) is 18.9 Å². The van der Waals surface area contributed by atoms with Gasteiger partial charge in [0.2, 0.25) is 0 Å². The SMILES string of the molecule is CC(C)OP(=O)(OC(C)C)C(F)(F)CCCn1cc(Cn2cnc3c(Cl)ncnc32)nn1. The summed E-state index contributed by atoms with van der Waals surface area (Å²) >= 11 is 6.00. The van der Waals surface area contributed by atoms with Crippen molar-refractivity contribution in [2.24, 2.45) is 0 Å². The first-order chi connectivity index (χ1) is 15.0. The smallest absolute Gasteiger partial charge is 0.309 e. The average Bonchev–Trinajstić information content (AvgIpc) is 3.28. The molecular formula is C18H25ClF2N7O3P. The predicted molar refractivity (Wildman–Crippen MR) is 114 cm³/mol. The number of aromatic nitrogens is 7. The lowest BCUT2D eigenvalue weighted by Gasteiger charge is -2.29. The van der Waals surface area contributed by atoms with Crippen molar-refractivity contribution < 1.29 is 22.4 Å². The number of rotatable bonds is 11. The lowest BCUT2D eigenvalue weighted by atomic mass is 10.3. The Morgan fingerprint density at radius 2 is 1.84 bits per heavy atom. The summed E-state index contributed by atoms with van der Waals surface area (Å²) in [6, 6.07) is 0. The number of aryl methyl sites for hydroxylation is 1. The number of hydrogen-bond acceptors (Lipinski definition) is 8. The molecule has 0 atom stereocenters. The summed E-state index contributed by atoms with van der Waals surface area (Å²) in [5.41, 5.74) is -2.02. The number of fused-ring (bicyclic) bond motifs is 1. The van der Waals surface area contributed by atoms with E-state index in [4.69, 9.17) is 20.6 Å². The summed E-state index contributed by atoms with van der Waals surface area (Å²) in [5, 5.41) is 8.28. The second kappa shape index (κ2) is 9.86. The number of imidazole rings is 1. The molecule has 0 radical (unpaired) electrons. The van der Waals surface area contributed by atoms with E-state index in [0.29, 0.717) is 23.4 Å². The van der Waals surface area contributed by atoms with Crippen molar-refractivity contribution in [2.45, 2.75) is 71.5 Å². The van der Waals surface area contributed by atoms with Gasteiger partial charge in [-0.3, -0.25) is 9.25 Å². The standard InChI is InChI=1S/C18H25ClF2N7O3P/c1-12(2)30-32(29,31-13(3)4)18(20,21)6-5-7-28-9-14(25-26-28)8-27-11-24-15-16(19)22-10-23-17(15)27/h9-13H,5-8H2,1-4H3. The highest BCUT2D eigenvalue weighted by Crippen LogP contribution is 2.64. The van der Waals surface area contributed by atoms with Crippen molar-refractivity contribution in [3.8, 4) is 0 Å². The molecule has 0 aliphatic heterocycles. The van der Waals surface area contributed by atoms with E-state index in [1.54, 1.807) is 17.1 Å². The Labute approximate surface area is 188 Å². The van der Waals surface area contributed by atoms with Gasteiger partial charge >= 0.3 is 13.3 Å². The lowest BCUT2D eigenvalue weighted by molar-refractivity contribution is 0.0118. The number of nitrogens with zero attached hydrogens (tertiary/aromatic N) is 7. The average molecular weight is 492 g/mol. The van der Waals surface area contributed by atoms with Crippen LogP contribution in [0.1, 0.15) is 46.2 Å². The van der Waals surface area contributed by atoms with Gasteiger partial charge in [0, 0.05) is 13.0 Å². The molecule has 32 heavy (non-hydrogen) atoms. The molecule has 176 valence electrons. The highest BCUT2D eigenvalue weighted by molar-refractivity contribution is 7.55. The molecule has 3 aromatic heterocycles. The Bertz CT molecular complexity index is 1090. The summed E-state index contributed by atoms with van der Waals surface area (Å²) in [6.07, 6.45) is 2.53. The molecule has 10 nitrogen and oxygen atoms in total. The third-order valence-corrected chi connectivity index (χ3v) is 6.94. The normalized spacial score (nSPS) is 13.0. The summed E-state index contributed by atoms with van der Waals surface area (Å²) in [7, 11) is -4.63. The second-order valence-electron chi connectivity index (χ2n) is 7.76. The van der Waals surface area contributed by atoms with Gasteiger partial charge in [0.1, 0.15) is 17.5 Å². The van der Waals surface area contributed by atoms with Crippen LogP contribution in [0.3, 0.4) is 0 Å². The molecule has 0 saturated carbocycles. The van der Waals surface area contributed by atoms with Crippen LogP contribution < -0.4 is 0 Å². The molecule has 14 heteroatoms. The molecule has 0 saturated heterocycles. The highest BCUT2D eigenvalue weighted by atomic mass is 35.5. The Kier molecular flexibility index (Phi) is 7.59. The summed E-state index contributed by atoms with van der Waals surface area (Å²) < 4.78 is 55.5. The summed E-state index contributed by atoms with van der Waals surface area (Å²) in [6.45, 7) is 6.61. The van der Waals surface area contributed by atoms with Crippen molar-refractivity contribution in [1.82, 2.24) is 34.5 Å². The van der Waals surface area contributed by atoms with Crippen molar-refractivity contribution >= 4 is 30.4 Å². The molecule has 0 bridgehead atoms. The Morgan fingerprint density at radius 3 is 2.50 bits per heavy atom. The maximum absolute atomic E-state index is 14.7. The zero-order valence-electron chi connectivity index (χ0n) is 18.2. The van der Waals surface area contributed by atoms with Crippen LogP contribution in [0.2, 0.25) is 5.15 Å². The zero-order chi connectivity index (χ0) is 23.5. The first-order valence-electron chi connectivity index (χ1n) is 10.1. The fourth-order valence-corrected chi connectivity index (χ4v) is 5.06. The summed E-state index contributed by atoms with van der Waals surface area (Å²) in [4.78, 5) is 12.2. The van der Waals surface area contributed by atoms with Gasteiger partial charge in [0.25, 0.3) is 0 Å². The van der Waals surface area contributed by atoms with E-state index in [1.165, 1.54) is 38.7 Å². The molecule has 3 aromatic rings. The van der Waals surface area contributed by atoms with E-state index in [2.05, 4.69) is 25.3 Å². The Morgan fingerprint density at radius 1 is 1.16 bits per heavy atom. The van der Waals surface area contributed by atoms with E-state index in [1.807, 2.05) is 0 Å². The molecule has 0 aliphatic rings. The van der Waals surface area contributed by atoms with Crippen molar-refractivity contribution in [1.29, 1.82) is 0 Å². The highest BCUT2D eigenvalue weighted by Gasteiger charge is 2.53. The van der Waals surface area contributed by atoms with E-state index in [-0.39, 0.29) is 18.1 Å². The summed E-state index contributed by atoms with van der Waals surface area (Å²) in [5.74, 6) is 0. The molecule has 0 spiro atoms. The minimum absolute atomic E-state index is 0.000457. The number of hydrogen-bond donors (Lipinski definition) is 0. The molecular weight excluding hydrogens is 467 g/mol. The van der Waals surface area contributed by atoms with Crippen molar-refractivity contribution in [2.75, 3.05) is 0 Å². The van der Waals surface area contributed by atoms with Crippen LogP contribution in [-0.2, 0) is 26.7 Å². The van der Waals surface area contributed by atoms with Gasteiger partial charge in [0.15, 0.2) is 10.8 Å². The first-order valence-corrected chi connectivity index (χ1v) is 12.0. The first kappa shape index (κ1) is 24.6. The van der Waals surface area contributed by atoms with Crippen molar-refractivity contribution in [3.05, 3.63) is 29.7 Å². The fraction of sp³-hybridized carbons (Fsp3) is 0.611. The Balaban J connectivity index is 1.62. The molecule has 0 unspecified atom stereocenters. The van der Waals surface area contributed by atoms with Crippen LogP contribution in [0, 0.1) is 0 Å². The molecule has 0 aromatic carbocycles. The maximum atomic E-state index is 14.7. The third-order valence-electron chi connectivity index (χ3n) is 4.24. The molecule has 0 amide bonds. The Hall–Kier alpha value is -2.01. The van der Waals surface area contributed by atoms with Crippen LogP contribution in [0.4, 0.5) is 8.78 Å². The molecule has 3 rings (SSSR count). The largest absolute Gasteiger partial charge is 0.400 e. The van der Waals surface area contributed by atoms with Gasteiger partial charge < -0.3 is 13.6 Å².